The zero-order valence-electron chi connectivity index (χ0n) is 7.46. The Hall–Kier alpha value is -1.55. The van der Waals surface area contributed by atoms with E-state index < -0.39 is 17.5 Å². The molecule has 76 valence electrons. The number of fused-ring (bicyclic) bond motifs is 1. The van der Waals surface area contributed by atoms with Gasteiger partial charge in [0, 0.05) is 17.4 Å². The third kappa shape index (κ3) is 1.68. The number of nitrogens with zero attached hydrogens (tertiary/aromatic N) is 1. The number of amides is 1. The molecule has 0 aliphatic carbocycles. The third-order valence-corrected chi connectivity index (χ3v) is 2.29. The summed E-state index contributed by atoms with van der Waals surface area (Å²) < 4.78 is 13.3. The van der Waals surface area contributed by atoms with Gasteiger partial charge in [-0.15, -0.1) is 11.6 Å². The fourth-order valence-corrected chi connectivity index (χ4v) is 1.51. The van der Waals surface area contributed by atoms with Crippen molar-refractivity contribution in [2.45, 2.75) is 0 Å². The van der Waals surface area contributed by atoms with E-state index in [1.54, 1.807) is 0 Å². The minimum Gasteiger partial charge on any atom is -0.293 e. The lowest BCUT2D eigenvalue weighted by molar-refractivity contribution is -0.112. The van der Waals surface area contributed by atoms with E-state index >= 15 is 0 Å². The predicted octanol–water partition coefficient (Wildman–Crippen LogP) is 0.188. The molecule has 1 aromatic rings. The normalized spacial score (nSPS) is 13.1. The Bertz CT molecular complexity index is 580. The van der Waals surface area contributed by atoms with Gasteiger partial charge in [-0.1, -0.05) is 0 Å². The van der Waals surface area contributed by atoms with Crippen LogP contribution in [0.15, 0.2) is 17.1 Å². The molecular formula is C10H5ClFNO2. The van der Waals surface area contributed by atoms with Gasteiger partial charge in [-0.2, -0.15) is 0 Å². The average Bonchev–Trinajstić information content (AvgIpc) is 2.55. The third-order valence-electron chi connectivity index (χ3n) is 2.05. The van der Waals surface area contributed by atoms with Gasteiger partial charge in [-0.05, 0) is 6.07 Å². The van der Waals surface area contributed by atoms with E-state index in [9.17, 15) is 14.0 Å². The molecule has 1 aromatic carbocycles. The van der Waals surface area contributed by atoms with Gasteiger partial charge in [0.2, 0.25) is 0 Å². The van der Waals surface area contributed by atoms with Crippen LogP contribution in [0.25, 0.3) is 6.08 Å². The lowest BCUT2D eigenvalue weighted by atomic mass is 10.1. The summed E-state index contributed by atoms with van der Waals surface area (Å²) in [6.07, 6.45) is 1.25. The number of hydrogen-bond acceptors (Lipinski definition) is 2. The second-order valence-electron chi connectivity index (χ2n) is 3.04. The maximum atomic E-state index is 13.3. The first-order chi connectivity index (χ1) is 7.11. The zero-order chi connectivity index (χ0) is 11.0. The van der Waals surface area contributed by atoms with Crippen molar-refractivity contribution in [2.24, 2.45) is 4.99 Å². The molecule has 0 N–H and O–H groups in total. The van der Waals surface area contributed by atoms with Crippen LogP contribution in [0.1, 0.15) is 10.4 Å². The fraction of sp³-hybridized carbons (Fsp3) is 0.100. The molecule has 0 spiro atoms. The number of ketones is 1. The summed E-state index contributed by atoms with van der Waals surface area (Å²) in [5.74, 6) is -1.95. The summed E-state index contributed by atoms with van der Waals surface area (Å²) in [6.45, 7) is 0. The molecule has 0 unspecified atom stereocenters. The van der Waals surface area contributed by atoms with Gasteiger partial charge < -0.3 is 0 Å². The molecule has 1 amide bonds. The first-order valence-electron chi connectivity index (χ1n) is 4.15. The van der Waals surface area contributed by atoms with Crippen molar-refractivity contribution in [3.63, 3.8) is 0 Å². The van der Waals surface area contributed by atoms with Crippen LogP contribution in [0, 0.1) is 5.82 Å². The summed E-state index contributed by atoms with van der Waals surface area (Å²) >= 11 is 5.32. The molecule has 1 aliphatic heterocycles. The second-order valence-corrected chi connectivity index (χ2v) is 3.31. The molecule has 0 radical (unpaired) electrons. The molecule has 3 nitrogen and oxygen atoms in total. The lowest BCUT2D eigenvalue weighted by Gasteiger charge is -1.97. The van der Waals surface area contributed by atoms with E-state index in [-0.39, 0.29) is 16.8 Å². The fourth-order valence-electron chi connectivity index (χ4n) is 1.36. The van der Waals surface area contributed by atoms with Crippen molar-refractivity contribution in [2.75, 3.05) is 5.88 Å². The number of benzene rings is 1. The topological polar surface area (TPSA) is 46.5 Å². The average molecular weight is 226 g/mol. The summed E-state index contributed by atoms with van der Waals surface area (Å²) in [5, 5.41) is 0.707. The quantitative estimate of drug-likeness (QED) is 0.533. The molecule has 1 aliphatic rings. The highest BCUT2D eigenvalue weighted by Gasteiger charge is 2.13. The zero-order valence-corrected chi connectivity index (χ0v) is 8.21. The number of carbonyl (C=O) groups is 2. The largest absolute Gasteiger partial charge is 0.293 e. The van der Waals surface area contributed by atoms with Crippen LogP contribution in [0.3, 0.4) is 0 Å². The maximum Gasteiger partial charge on any atom is 0.270 e. The number of Topliss-reactive ketones (excluding diaryl/α,β-unsaturated/α-hetero) is 1. The molecule has 0 atom stereocenters. The van der Waals surface area contributed by atoms with Crippen molar-refractivity contribution in [3.8, 4) is 0 Å². The summed E-state index contributed by atoms with van der Waals surface area (Å²) in [4.78, 5) is 25.7. The van der Waals surface area contributed by atoms with Crippen molar-refractivity contribution >= 4 is 29.4 Å². The van der Waals surface area contributed by atoms with Crippen LogP contribution in [0.5, 0.6) is 0 Å². The standard InChI is InChI=1S/C10H5ClFNO2/c11-4-9(14)6-1-5-2-10(15)13-8(5)3-7(6)12/h1-3H,4H2. The minimum atomic E-state index is -0.703. The number of carbonyl (C=O) groups excluding carboxylic acids is 2. The monoisotopic (exact) mass is 225 g/mol. The second kappa shape index (κ2) is 3.55. The predicted molar refractivity (Wildman–Crippen MR) is 51.7 cm³/mol. The molecule has 0 fully saturated rings. The number of hydrogen-bond donors (Lipinski definition) is 0. The van der Waals surface area contributed by atoms with Crippen molar-refractivity contribution in [1.82, 2.24) is 0 Å². The lowest BCUT2D eigenvalue weighted by Crippen LogP contribution is -2.24. The van der Waals surface area contributed by atoms with Crippen LogP contribution in [-0.2, 0) is 4.79 Å². The Morgan fingerprint density at radius 1 is 1.47 bits per heavy atom. The van der Waals surface area contributed by atoms with E-state index in [1.165, 1.54) is 12.1 Å². The molecule has 0 aromatic heterocycles. The van der Waals surface area contributed by atoms with Gasteiger partial charge >= 0.3 is 0 Å². The molecule has 0 saturated carbocycles. The molecule has 1 heterocycles. The molecule has 15 heavy (non-hydrogen) atoms. The van der Waals surface area contributed by atoms with E-state index in [1.807, 2.05) is 0 Å². The Kier molecular flexibility index (Phi) is 2.36. The number of alkyl halides is 1. The highest BCUT2D eigenvalue weighted by molar-refractivity contribution is 6.30. The summed E-state index contributed by atoms with van der Waals surface area (Å²) in [7, 11) is 0. The number of halogens is 2. The van der Waals surface area contributed by atoms with E-state index in [0.29, 0.717) is 5.22 Å². The Labute approximate surface area is 88.9 Å². The van der Waals surface area contributed by atoms with Crippen molar-refractivity contribution in [3.05, 3.63) is 34.1 Å². The highest BCUT2D eigenvalue weighted by Crippen LogP contribution is 2.04. The molecule has 5 heteroatoms. The Morgan fingerprint density at radius 3 is 2.87 bits per heavy atom. The van der Waals surface area contributed by atoms with E-state index in [2.05, 4.69) is 4.99 Å². The molecular weight excluding hydrogens is 221 g/mol. The highest BCUT2D eigenvalue weighted by atomic mass is 35.5. The van der Waals surface area contributed by atoms with Crippen molar-refractivity contribution < 1.29 is 14.0 Å². The van der Waals surface area contributed by atoms with Crippen LogP contribution in [0.2, 0.25) is 0 Å². The van der Waals surface area contributed by atoms with E-state index in [0.717, 1.165) is 6.07 Å². The van der Waals surface area contributed by atoms with Crippen LogP contribution >= 0.6 is 11.6 Å². The number of rotatable bonds is 2. The van der Waals surface area contributed by atoms with Gasteiger partial charge in [-0.3, -0.25) is 9.59 Å². The van der Waals surface area contributed by atoms with Crippen LogP contribution in [0.4, 0.5) is 4.39 Å². The van der Waals surface area contributed by atoms with Gasteiger partial charge in [-0.25, -0.2) is 9.38 Å². The first kappa shape index (κ1) is 9.98. The van der Waals surface area contributed by atoms with Gasteiger partial charge in [0.05, 0.1) is 16.8 Å². The SMILES string of the molecule is O=C1C=c2cc(C(=O)CCl)c(F)cc2=N1. The Morgan fingerprint density at radius 2 is 2.20 bits per heavy atom. The van der Waals surface area contributed by atoms with Crippen LogP contribution < -0.4 is 10.6 Å². The van der Waals surface area contributed by atoms with Crippen LogP contribution in [-0.4, -0.2) is 17.6 Å². The van der Waals surface area contributed by atoms with Gasteiger partial charge in [0.1, 0.15) is 5.82 Å². The van der Waals surface area contributed by atoms with Gasteiger partial charge in [0.25, 0.3) is 5.91 Å². The van der Waals surface area contributed by atoms with Crippen molar-refractivity contribution in [1.29, 1.82) is 0 Å². The van der Waals surface area contributed by atoms with E-state index in [4.69, 9.17) is 11.6 Å². The molecule has 0 bridgehead atoms. The van der Waals surface area contributed by atoms with Gasteiger partial charge in [0.15, 0.2) is 5.78 Å². The molecule has 2 rings (SSSR count). The summed E-state index contributed by atoms with van der Waals surface area (Å²) in [6, 6.07) is 2.36. The maximum absolute atomic E-state index is 13.3. The minimum absolute atomic E-state index is 0.107. The Balaban J connectivity index is 2.70. The first-order valence-corrected chi connectivity index (χ1v) is 4.68. The molecule has 0 saturated heterocycles. The smallest absolute Gasteiger partial charge is 0.270 e. The summed E-state index contributed by atoms with van der Waals surface area (Å²) in [5.41, 5.74) is -0.107.